The number of carbonyl (C=O) groups is 1. The molecule has 128 valence electrons. The molecule has 0 aliphatic rings. The highest BCUT2D eigenvalue weighted by Crippen LogP contribution is 2.28. The Kier molecular flexibility index (Phi) is 5.17. The van der Waals surface area contributed by atoms with Gasteiger partial charge >= 0.3 is 0 Å². The molecule has 1 aromatic carbocycles. The van der Waals surface area contributed by atoms with E-state index >= 15 is 0 Å². The zero-order chi connectivity index (χ0) is 18.0. The van der Waals surface area contributed by atoms with Crippen LogP contribution in [0.3, 0.4) is 0 Å². The van der Waals surface area contributed by atoms with Gasteiger partial charge in [0.05, 0.1) is 16.9 Å². The number of rotatable bonds is 4. The minimum Gasteiger partial charge on any atom is -0.320 e. The van der Waals surface area contributed by atoms with Gasteiger partial charge in [0.2, 0.25) is 5.28 Å². The van der Waals surface area contributed by atoms with Crippen molar-refractivity contribution in [3.8, 4) is 0 Å². The lowest BCUT2D eigenvalue weighted by atomic mass is 10.2. The number of amides is 1. The molecule has 9 heteroatoms. The second-order valence-electron chi connectivity index (χ2n) is 5.20. The second-order valence-corrected chi connectivity index (χ2v) is 6.98. The van der Waals surface area contributed by atoms with Crippen LogP contribution in [0.5, 0.6) is 0 Å². The van der Waals surface area contributed by atoms with Crippen LogP contribution in [0.4, 0.5) is 16.6 Å². The van der Waals surface area contributed by atoms with Crippen LogP contribution in [-0.4, -0.2) is 20.9 Å². The van der Waals surface area contributed by atoms with Crippen molar-refractivity contribution in [3.63, 3.8) is 0 Å². The maximum atomic E-state index is 12.4. The number of hydrogen-bond acceptors (Lipinski definition) is 6. The summed E-state index contributed by atoms with van der Waals surface area (Å²) in [6.07, 6.45) is 1.49. The molecule has 3 aromatic rings. The third kappa shape index (κ3) is 4.25. The first kappa shape index (κ1) is 17.6. The van der Waals surface area contributed by atoms with E-state index in [-0.39, 0.29) is 11.2 Å². The summed E-state index contributed by atoms with van der Waals surface area (Å²) >= 11 is 13.2. The summed E-state index contributed by atoms with van der Waals surface area (Å²) in [5, 5.41) is 6.98. The van der Waals surface area contributed by atoms with E-state index < -0.39 is 0 Å². The summed E-state index contributed by atoms with van der Waals surface area (Å²) in [7, 11) is 0. The number of anilines is 3. The van der Waals surface area contributed by atoms with Crippen LogP contribution < -0.4 is 10.6 Å². The van der Waals surface area contributed by atoms with Crippen molar-refractivity contribution in [2.24, 2.45) is 0 Å². The SMILES string of the molecule is Cc1cc(Nc2ncc(C(=O)Nc3c(C)cccc3Cl)s2)nc(Cl)n1. The Morgan fingerprint density at radius 2 is 2.00 bits per heavy atom. The van der Waals surface area contributed by atoms with Crippen molar-refractivity contribution in [2.75, 3.05) is 10.6 Å². The molecule has 0 saturated carbocycles. The molecule has 0 radical (unpaired) electrons. The largest absolute Gasteiger partial charge is 0.320 e. The van der Waals surface area contributed by atoms with E-state index in [0.717, 1.165) is 11.3 Å². The molecule has 2 aromatic heterocycles. The molecular weight excluding hydrogens is 381 g/mol. The average Bonchev–Trinajstić information content (AvgIpc) is 2.98. The fourth-order valence-electron chi connectivity index (χ4n) is 2.11. The van der Waals surface area contributed by atoms with Gasteiger partial charge in [-0.25, -0.2) is 15.0 Å². The first-order valence-corrected chi connectivity index (χ1v) is 8.80. The number of para-hydroxylation sites is 1. The summed E-state index contributed by atoms with van der Waals surface area (Å²) in [5.41, 5.74) is 2.20. The maximum absolute atomic E-state index is 12.4. The third-order valence-corrected chi connectivity index (χ3v) is 4.65. The topological polar surface area (TPSA) is 79.8 Å². The van der Waals surface area contributed by atoms with Crippen LogP contribution in [0.25, 0.3) is 0 Å². The van der Waals surface area contributed by atoms with Gasteiger partial charge in [-0.2, -0.15) is 0 Å². The standard InChI is InChI=1S/C16H13Cl2N5OS/c1-8-4-3-5-10(17)13(8)23-14(24)11-7-19-16(25-11)22-12-6-9(2)20-15(18)21-12/h3-7H,1-2H3,(H,23,24)(H,19,20,21,22). The minimum absolute atomic E-state index is 0.145. The predicted molar refractivity (Wildman–Crippen MR) is 101 cm³/mol. The van der Waals surface area contributed by atoms with Gasteiger partial charge in [0.1, 0.15) is 10.7 Å². The lowest BCUT2D eigenvalue weighted by Gasteiger charge is -2.08. The number of aryl methyl sites for hydroxylation is 2. The number of hydrogen-bond donors (Lipinski definition) is 2. The van der Waals surface area contributed by atoms with Crippen molar-refractivity contribution in [3.05, 3.63) is 56.9 Å². The summed E-state index contributed by atoms with van der Waals surface area (Å²) in [5.74, 6) is 0.236. The Morgan fingerprint density at radius 1 is 1.20 bits per heavy atom. The van der Waals surface area contributed by atoms with Crippen LogP contribution in [0.2, 0.25) is 10.3 Å². The Hall–Kier alpha value is -2.22. The van der Waals surface area contributed by atoms with Crippen molar-refractivity contribution in [1.29, 1.82) is 0 Å². The normalized spacial score (nSPS) is 10.6. The smallest absolute Gasteiger partial charge is 0.267 e. The van der Waals surface area contributed by atoms with Gasteiger partial charge in [-0.05, 0) is 37.1 Å². The van der Waals surface area contributed by atoms with Gasteiger partial charge in [-0.1, -0.05) is 35.1 Å². The number of thiazole rings is 1. The van der Waals surface area contributed by atoms with Crippen LogP contribution in [0.1, 0.15) is 20.9 Å². The Bertz CT molecular complexity index is 904. The van der Waals surface area contributed by atoms with Crippen LogP contribution >= 0.6 is 34.5 Å². The van der Waals surface area contributed by atoms with Crippen molar-refractivity contribution < 1.29 is 4.79 Å². The van der Waals surface area contributed by atoms with E-state index in [2.05, 4.69) is 25.6 Å². The van der Waals surface area contributed by atoms with E-state index in [9.17, 15) is 4.79 Å². The number of halogens is 2. The van der Waals surface area contributed by atoms with Gasteiger partial charge in [-0.15, -0.1) is 0 Å². The molecule has 0 saturated heterocycles. The van der Waals surface area contributed by atoms with Crippen LogP contribution in [0.15, 0.2) is 30.5 Å². The molecule has 0 spiro atoms. The van der Waals surface area contributed by atoms with Gasteiger partial charge in [-0.3, -0.25) is 4.79 Å². The Labute approximate surface area is 158 Å². The van der Waals surface area contributed by atoms with Gasteiger partial charge in [0.25, 0.3) is 5.91 Å². The molecule has 0 fully saturated rings. The first-order chi connectivity index (χ1) is 11.9. The molecule has 0 bridgehead atoms. The molecule has 2 heterocycles. The summed E-state index contributed by atoms with van der Waals surface area (Å²) in [6, 6.07) is 7.17. The van der Waals surface area contributed by atoms with E-state index in [4.69, 9.17) is 23.2 Å². The number of nitrogens with zero attached hydrogens (tertiary/aromatic N) is 3. The summed E-state index contributed by atoms with van der Waals surface area (Å²) < 4.78 is 0. The number of aromatic nitrogens is 3. The maximum Gasteiger partial charge on any atom is 0.267 e. The predicted octanol–water partition coefficient (Wildman–Crippen LogP) is 4.85. The lowest BCUT2D eigenvalue weighted by Crippen LogP contribution is -2.11. The molecule has 0 aliphatic heterocycles. The minimum atomic E-state index is -0.279. The van der Waals surface area contributed by atoms with Crippen molar-refractivity contribution in [1.82, 2.24) is 15.0 Å². The molecular formula is C16H13Cl2N5OS. The number of benzene rings is 1. The van der Waals surface area contributed by atoms with E-state index in [1.54, 1.807) is 12.1 Å². The molecule has 0 aliphatic carbocycles. The summed E-state index contributed by atoms with van der Waals surface area (Å²) in [6.45, 7) is 3.69. The Balaban J connectivity index is 1.75. The second kappa shape index (κ2) is 7.35. The van der Waals surface area contributed by atoms with Crippen LogP contribution in [-0.2, 0) is 0 Å². The highest BCUT2D eigenvalue weighted by Gasteiger charge is 2.14. The molecule has 25 heavy (non-hydrogen) atoms. The quantitative estimate of drug-likeness (QED) is 0.619. The zero-order valence-corrected chi connectivity index (χ0v) is 15.6. The van der Waals surface area contributed by atoms with E-state index in [0.29, 0.717) is 26.5 Å². The van der Waals surface area contributed by atoms with Gasteiger partial charge in [0, 0.05) is 11.8 Å². The van der Waals surface area contributed by atoms with E-state index in [1.807, 2.05) is 26.0 Å². The monoisotopic (exact) mass is 393 g/mol. The molecule has 0 unspecified atom stereocenters. The fourth-order valence-corrected chi connectivity index (χ4v) is 3.32. The lowest BCUT2D eigenvalue weighted by molar-refractivity contribution is 0.103. The summed E-state index contributed by atoms with van der Waals surface area (Å²) in [4.78, 5) is 25.1. The van der Waals surface area contributed by atoms with Crippen molar-refractivity contribution in [2.45, 2.75) is 13.8 Å². The molecule has 6 nitrogen and oxygen atoms in total. The zero-order valence-electron chi connectivity index (χ0n) is 13.3. The average molecular weight is 394 g/mol. The molecule has 0 atom stereocenters. The number of carbonyl (C=O) groups excluding carboxylic acids is 1. The third-order valence-electron chi connectivity index (χ3n) is 3.25. The number of nitrogens with one attached hydrogen (secondary N) is 2. The highest BCUT2D eigenvalue weighted by molar-refractivity contribution is 7.17. The highest BCUT2D eigenvalue weighted by atomic mass is 35.5. The van der Waals surface area contributed by atoms with Gasteiger partial charge in [0.15, 0.2) is 5.13 Å². The van der Waals surface area contributed by atoms with E-state index in [1.165, 1.54) is 17.5 Å². The molecule has 2 N–H and O–H groups in total. The van der Waals surface area contributed by atoms with Crippen molar-refractivity contribution >= 4 is 57.1 Å². The van der Waals surface area contributed by atoms with Crippen LogP contribution in [0, 0.1) is 13.8 Å². The molecule has 1 amide bonds. The van der Waals surface area contributed by atoms with Gasteiger partial charge < -0.3 is 10.6 Å². The molecule has 3 rings (SSSR count). The first-order valence-electron chi connectivity index (χ1n) is 7.23. The fraction of sp³-hybridized carbons (Fsp3) is 0.125. The Morgan fingerprint density at radius 3 is 2.72 bits per heavy atom.